The van der Waals surface area contributed by atoms with Crippen molar-refractivity contribution in [3.8, 4) is 0 Å². The van der Waals surface area contributed by atoms with E-state index in [-0.39, 0.29) is 30.7 Å². The van der Waals surface area contributed by atoms with Crippen molar-refractivity contribution < 1.29 is 24.6 Å². The molecule has 0 saturated heterocycles. The van der Waals surface area contributed by atoms with Gasteiger partial charge in [-0.1, -0.05) is 18.2 Å². The molecule has 1 heterocycles. The first-order chi connectivity index (χ1) is 12.4. The summed E-state index contributed by atoms with van der Waals surface area (Å²) in [6, 6.07) is 7.48. The molecule has 1 aromatic carbocycles. The lowest BCUT2D eigenvalue weighted by Gasteiger charge is -2.62. The molecule has 0 aromatic heterocycles. The van der Waals surface area contributed by atoms with Crippen LogP contribution in [0.4, 0.5) is 10.5 Å². The summed E-state index contributed by atoms with van der Waals surface area (Å²) in [7, 11) is 0. The van der Waals surface area contributed by atoms with E-state index in [9.17, 15) is 19.5 Å². The normalized spacial score (nSPS) is 26.3. The molecular weight excluding hydrogens is 336 g/mol. The Morgan fingerprint density at radius 1 is 1.12 bits per heavy atom. The fourth-order valence-electron chi connectivity index (χ4n) is 4.64. The van der Waals surface area contributed by atoms with E-state index in [4.69, 9.17) is 5.11 Å². The second-order valence-corrected chi connectivity index (χ2v) is 7.45. The van der Waals surface area contributed by atoms with Gasteiger partial charge in [-0.25, -0.2) is 4.79 Å². The van der Waals surface area contributed by atoms with Crippen LogP contribution in [-0.2, 0) is 16.0 Å². The molecule has 4 rings (SSSR count). The van der Waals surface area contributed by atoms with Crippen LogP contribution in [0.5, 0.6) is 0 Å². The minimum absolute atomic E-state index is 0.0196. The molecule has 0 bridgehead atoms. The number of anilines is 1. The molecule has 2 saturated carbocycles. The third-order valence-electron chi connectivity index (χ3n) is 5.94. The Balaban J connectivity index is 1.75. The summed E-state index contributed by atoms with van der Waals surface area (Å²) >= 11 is 0. The van der Waals surface area contributed by atoms with Gasteiger partial charge in [0.25, 0.3) is 0 Å². The predicted molar refractivity (Wildman–Crippen MR) is 92.8 cm³/mol. The van der Waals surface area contributed by atoms with Gasteiger partial charge in [-0.05, 0) is 43.7 Å². The molecule has 3 aliphatic rings. The summed E-state index contributed by atoms with van der Waals surface area (Å²) in [4.78, 5) is 39.2. The molecule has 26 heavy (non-hydrogen) atoms. The summed E-state index contributed by atoms with van der Waals surface area (Å²) in [5, 5.41) is 19.0. The minimum atomic E-state index is -1.06. The van der Waals surface area contributed by atoms with Crippen LogP contribution < -0.4 is 4.90 Å². The van der Waals surface area contributed by atoms with Gasteiger partial charge in [0, 0.05) is 18.4 Å². The topological polar surface area (TPSA) is 98.2 Å². The third-order valence-corrected chi connectivity index (χ3v) is 5.94. The van der Waals surface area contributed by atoms with E-state index in [1.807, 2.05) is 18.2 Å². The highest BCUT2D eigenvalue weighted by atomic mass is 16.4. The maximum absolute atomic E-state index is 12.9. The van der Waals surface area contributed by atoms with Crippen LogP contribution in [0.1, 0.15) is 44.1 Å². The van der Waals surface area contributed by atoms with E-state index in [0.29, 0.717) is 12.1 Å². The Labute approximate surface area is 151 Å². The predicted octanol–water partition coefficient (Wildman–Crippen LogP) is 2.69. The number of carbonyl (C=O) groups excluding carboxylic acids is 1. The Kier molecular flexibility index (Phi) is 3.89. The minimum Gasteiger partial charge on any atom is -0.481 e. The monoisotopic (exact) mass is 358 g/mol. The SMILES string of the molecule is O=C(O)CCC(=O)N(C1CC1)[C@@]12CC[C@@H]1Cc1ccccc1N2C(=O)O. The van der Waals surface area contributed by atoms with Gasteiger partial charge in [0.1, 0.15) is 5.66 Å². The van der Waals surface area contributed by atoms with Gasteiger partial charge in [0.15, 0.2) is 0 Å². The molecule has 1 aliphatic heterocycles. The second kappa shape index (κ2) is 6.00. The van der Waals surface area contributed by atoms with Crippen molar-refractivity contribution in [3.05, 3.63) is 29.8 Å². The summed E-state index contributed by atoms with van der Waals surface area (Å²) < 4.78 is 0. The van der Waals surface area contributed by atoms with Crippen molar-refractivity contribution in [2.75, 3.05) is 4.90 Å². The molecule has 2 amide bonds. The molecule has 1 aromatic rings. The van der Waals surface area contributed by atoms with Crippen molar-refractivity contribution in [1.82, 2.24) is 4.90 Å². The number of aliphatic carboxylic acids is 1. The lowest BCUT2D eigenvalue weighted by molar-refractivity contribution is -0.151. The van der Waals surface area contributed by atoms with E-state index in [0.717, 1.165) is 31.2 Å². The molecule has 7 heteroatoms. The fraction of sp³-hybridized carbons (Fsp3) is 0.526. The van der Waals surface area contributed by atoms with E-state index in [2.05, 4.69) is 0 Å². The Morgan fingerprint density at radius 3 is 2.42 bits per heavy atom. The molecular formula is C19H22N2O5. The molecule has 2 fully saturated rings. The van der Waals surface area contributed by atoms with Gasteiger partial charge < -0.3 is 15.1 Å². The van der Waals surface area contributed by atoms with Crippen LogP contribution >= 0.6 is 0 Å². The number of carboxylic acids is 1. The van der Waals surface area contributed by atoms with Gasteiger partial charge in [-0.2, -0.15) is 0 Å². The van der Waals surface area contributed by atoms with Crippen molar-refractivity contribution >= 4 is 23.7 Å². The van der Waals surface area contributed by atoms with Crippen molar-refractivity contribution in [1.29, 1.82) is 0 Å². The number of fused-ring (bicyclic) bond motifs is 2. The molecule has 2 aliphatic carbocycles. The van der Waals surface area contributed by atoms with Gasteiger partial charge in [0.2, 0.25) is 5.91 Å². The number of hydrogen-bond donors (Lipinski definition) is 2. The van der Waals surface area contributed by atoms with Gasteiger partial charge in [-0.3, -0.25) is 14.5 Å². The van der Waals surface area contributed by atoms with Crippen molar-refractivity contribution in [2.45, 2.75) is 56.7 Å². The highest BCUT2D eigenvalue weighted by molar-refractivity contribution is 5.92. The maximum atomic E-state index is 12.9. The zero-order chi connectivity index (χ0) is 18.5. The highest BCUT2D eigenvalue weighted by Gasteiger charge is 2.63. The Hall–Kier alpha value is -2.57. The standard InChI is InChI=1S/C19H22N2O5/c22-16(7-8-17(23)24)20(14-5-6-14)19-10-9-13(19)11-12-3-1-2-4-15(12)21(19)18(25)26/h1-4,13-14H,5-11H2,(H,23,24)(H,25,26)/t13-,19-/m1/s1. The Morgan fingerprint density at radius 2 is 1.85 bits per heavy atom. The first-order valence-electron chi connectivity index (χ1n) is 9.10. The number of hydrogen-bond acceptors (Lipinski definition) is 3. The molecule has 2 N–H and O–H groups in total. The quantitative estimate of drug-likeness (QED) is 0.843. The number of rotatable bonds is 5. The lowest BCUT2D eigenvalue weighted by Crippen LogP contribution is -2.74. The summed E-state index contributed by atoms with van der Waals surface area (Å²) in [5.74, 6) is -1.20. The number of nitrogens with zero attached hydrogens (tertiary/aromatic N) is 2. The fourth-order valence-corrected chi connectivity index (χ4v) is 4.64. The summed E-state index contributed by atoms with van der Waals surface area (Å²) in [6.07, 6.45) is 2.54. The Bertz CT molecular complexity index is 775. The zero-order valence-corrected chi connectivity index (χ0v) is 14.4. The highest BCUT2D eigenvalue weighted by Crippen LogP contribution is 2.56. The van der Waals surface area contributed by atoms with Crippen LogP contribution in [0.25, 0.3) is 0 Å². The molecule has 0 unspecified atom stereocenters. The van der Waals surface area contributed by atoms with Gasteiger partial charge >= 0.3 is 12.1 Å². The average molecular weight is 358 g/mol. The first-order valence-corrected chi connectivity index (χ1v) is 9.10. The second-order valence-electron chi connectivity index (χ2n) is 7.45. The van der Waals surface area contributed by atoms with E-state index >= 15 is 0 Å². The first kappa shape index (κ1) is 16.9. The summed E-state index contributed by atoms with van der Waals surface area (Å²) in [5.41, 5.74) is 0.772. The van der Waals surface area contributed by atoms with E-state index < -0.39 is 17.7 Å². The van der Waals surface area contributed by atoms with Crippen LogP contribution in [0.15, 0.2) is 24.3 Å². The lowest BCUT2D eigenvalue weighted by atomic mass is 9.65. The smallest absolute Gasteiger partial charge is 0.413 e. The van der Waals surface area contributed by atoms with Gasteiger partial charge in [-0.15, -0.1) is 0 Å². The molecule has 7 nitrogen and oxygen atoms in total. The van der Waals surface area contributed by atoms with Crippen molar-refractivity contribution in [2.24, 2.45) is 5.92 Å². The number of carboxylic acid groups (broad SMARTS) is 2. The van der Waals surface area contributed by atoms with Gasteiger partial charge in [0.05, 0.1) is 12.1 Å². The largest absolute Gasteiger partial charge is 0.481 e. The zero-order valence-electron chi connectivity index (χ0n) is 14.4. The molecule has 2 atom stereocenters. The number of amides is 2. The van der Waals surface area contributed by atoms with Crippen LogP contribution in [0, 0.1) is 5.92 Å². The molecule has 138 valence electrons. The number of para-hydroxylation sites is 1. The number of benzene rings is 1. The summed E-state index contributed by atoms with van der Waals surface area (Å²) in [6.45, 7) is 0. The number of carbonyl (C=O) groups is 3. The molecule has 0 spiro atoms. The molecule has 0 radical (unpaired) electrons. The van der Waals surface area contributed by atoms with Crippen molar-refractivity contribution in [3.63, 3.8) is 0 Å². The van der Waals surface area contributed by atoms with Crippen LogP contribution in [0.2, 0.25) is 0 Å². The van der Waals surface area contributed by atoms with E-state index in [1.165, 1.54) is 4.90 Å². The third kappa shape index (κ3) is 2.45. The van der Waals surface area contributed by atoms with E-state index in [1.54, 1.807) is 11.0 Å². The maximum Gasteiger partial charge on any atom is 0.413 e. The average Bonchev–Trinajstić information content (AvgIpc) is 3.40. The van der Waals surface area contributed by atoms with Crippen LogP contribution in [-0.4, -0.2) is 44.8 Å². The van der Waals surface area contributed by atoms with Crippen LogP contribution in [0.3, 0.4) is 0 Å².